The molecule has 6 aromatic rings. The minimum absolute atomic E-state index is 0.877. The summed E-state index contributed by atoms with van der Waals surface area (Å²) in [5.74, 6) is -0.143. The molecule has 2 aliphatic rings. The Labute approximate surface area is 232 Å². The molecule has 188 valence electrons. The van der Waals surface area contributed by atoms with Gasteiger partial charge in [-0.25, -0.2) is 15.0 Å². The van der Waals surface area contributed by atoms with Crippen LogP contribution >= 0.6 is 0 Å². The maximum Gasteiger partial charge on any atom is 0.262 e. The maximum absolute atomic E-state index is 5.56. The Kier molecular flexibility index (Phi) is 5.01. The molecule has 5 aromatic carbocycles. The first-order chi connectivity index (χ1) is 19.8. The first-order valence-corrected chi connectivity index (χ1v) is 13.5. The first kappa shape index (κ1) is 22.6. The number of aromatic nitrogens is 2. The average Bonchev–Trinajstić information content (AvgIpc) is 3.70. The molecule has 0 radical (unpaired) electrons. The van der Waals surface area contributed by atoms with E-state index in [-0.39, 0.29) is 0 Å². The second-order valence-electron chi connectivity index (χ2n) is 10.0. The summed E-state index contributed by atoms with van der Waals surface area (Å²) in [6, 6.07) is 50.0. The summed E-state index contributed by atoms with van der Waals surface area (Å²) in [7, 11) is 0. The summed E-state index contributed by atoms with van der Waals surface area (Å²) in [6.45, 7) is 0. The molecule has 3 heterocycles. The predicted molar refractivity (Wildman–Crippen MR) is 162 cm³/mol. The van der Waals surface area contributed by atoms with Gasteiger partial charge in [0.15, 0.2) is 0 Å². The van der Waals surface area contributed by atoms with Crippen LogP contribution in [-0.2, 0) is 5.79 Å². The van der Waals surface area contributed by atoms with Crippen molar-refractivity contribution < 1.29 is 0 Å². The molecule has 1 spiro atoms. The minimum Gasteiger partial charge on any atom is -0.275 e. The van der Waals surface area contributed by atoms with Gasteiger partial charge in [-0.15, -0.1) is 0 Å². The molecule has 40 heavy (non-hydrogen) atoms. The lowest BCUT2D eigenvalue weighted by atomic mass is 10.0. The van der Waals surface area contributed by atoms with Crippen LogP contribution in [0.25, 0.3) is 33.9 Å². The van der Waals surface area contributed by atoms with E-state index in [0.717, 1.165) is 62.0 Å². The van der Waals surface area contributed by atoms with Gasteiger partial charge in [0.2, 0.25) is 0 Å². The number of benzene rings is 5. The van der Waals surface area contributed by atoms with E-state index in [9.17, 15) is 0 Å². The molecule has 0 aliphatic carbocycles. The van der Waals surface area contributed by atoms with Gasteiger partial charge in [-0.05, 0) is 0 Å². The van der Waals surface area contributed by atoms with Gasteiger partial charge in [0.25, 0.3) is 5.79 Å². The molecule has 0 N–H and O–H groups in total. The molecule has 0 saturated heterocycles. The fourth-order valence-electron chi connectivity index (χ4n) is 5.91. The zero-order valence-electron chi connectivity index (χ0n) is 21.6. The molecule has 0 bridgehead atoms. The van der Waals surface area contributed by atoms with Crippen molar-refractivity contribution in [1.82, 2.24) is 9.55 Å². The Balaban J connectivity index is 1.50. The highest BCUT2D eigenvalue weighted by Gasteiger charge is 2.50. The van der Waals surface area contributed by atoms with Crippen LogP contribution in [0.5, 0.6) is 0 Å². The Bertz CT molecular complexity index is 1860. The lowest BCUT2D eigenvalue weighted by molar-refractivity contribution is 0.427. The van der Waals surface area contributed by atoms with Gasteiger partial charge in [-0.1, -0.05) is 146 Å². The van der Waals surface area contributed by atoms with Crippen LogP contribution in [0.1, 0.15) is 16.7 Å². The summed E-state index contributed by atoms with van der Waals surface area (Å²) in [5, 5.41) is 0. The molecule has 0 fully saturated rings. The zero-order valence-corrected chi connectivity index (χ0v) is 21.6. The van der Waals surface area contributed by atoms with Crippen molar-refractivity contribution in [3.05, 3.63) is 162 Å². The van der Waals surface area contributed by atoms with E-state index in [1.165, 1.54) is 0 Å². The number of imidazole rings is 1. The number of hydrogen-bond acceptors (Lipinski definition) is 3. The second-order valence-corrected chi connectivity index (χ2v) is 10.0. The van der Waals surface area contributed by atoms with Gasteiger partial charge in [0.05, 0.1) is 22.8 Å². The molecule has 8 rings (SSSR count). The summed E-state index contributed by atoms with van der Waals surface area (Å²) >= 11 is 0. The SMILES string of the molecule is c1ccc(C2=NC3(N=C2c2ccccc2)c2ccccc2-c2nc(-c4ccccc4)c(-c4ccccc4)n23)cc1. The third-order valence-electron chi connectivity index (χ3n) is 7.67. The number of fused-ring (bicyclic) bond motifs is 5. The predicted octanol–water partition coefficient (Wildman–Crippen LogP) is 7.85. The van der Waals surface area contributed by atoms with Crippen molar-refractivity contribution in [2.24, 2.45) is 9.98 Å². The number of rotatable bonds is 4. The van der Waals surface area contributed by atoms with Crippen LogP contribution < -0.4 is 0 Å². The van der Waals surface area contributed by atoms with E-state index in [1.54, 1.807) is 0 Å². The van der Waals surface area contributed by atoms with Crippen LogP contribution in [-0.4, -0.2) is 21.0 Å². The zero-order chi connectivity index (χ0) is 26.5. The highest BCUT2D eigenvalue weighted by molar-refractivity contribution is 6.54. The third-order valence-corrected chi connectivity index (χ3v) is 7.67. The molecule has 0 atom stereocenters. The maximum atomic E-state index is 5.56. The number of hydrogen-bond donors (Lipinski definition) is 0. The Morgan fingerprint density at radius 3 is 1.45 bits per heavy atom. The van der Waals surface area contributed by atoms with Gasteiger partial charge in [0.1, 0.15) is 5.82 Å². The van der Waals surface area contributed by atoms with Gasteiger partial charge in [-0.2, -0.15) is 0 Å². The van der Waals surface area contributed by atoms with Crippen molar-refractivity contribution in [2.75, 3.05) is 0 Å². The van der Waals surface area contributed by atoms with E-state index < -0.39 is 5.79 Å². The van der Waals surface area contributed by atoms with E-state index >= 15 is 0 Å². The van der Waals surface area contributed by atoms with Crippen LogP contribution in [0.4, 0.5) is 0 Å². The minimum atomic E-state index is -1.02. The Hall–Kier alpha value is -5.35. The van der Waals surface area contributed by atoms with Crippen molar-refractivity contribution in [3.63, 3.8) is 0 Å². The van der Waals surface area contributed by atoms with E-state index in [2.05, 4.69) is 126 Å². The van der Waals surface area contributed by atoms with Crippen molar-refractivity contribution in [1.29, 1.82) is 0 Å². The van der Waals surface area contributed by atoms with E-state index in [4.69, 9.17) is 15.0 Å². The van der Waals surface area contributed by atoms with Gasteiger partial charge >= 0.3 is 0 Å². The number of nitrogens with zero attached hydrogens (tertiary/aromatic N) is 4. The van der Waals surface area contributed by atoms with Crippen molar-refractivity contribution in [2.45, 2.75) is 5.79 Å². The summed E-state index contributed by atoms with van der Waals surface area (Å²) < 4.78 is 2.26. The van der Waals surface area contributed by atoms with Crippen LogP contribution in [0, 0.1) is 0 Å². The fraction of sp³-hybridized carbons (Fsp3) is 0.0278. The highest BCUT2D eigenvalue weighted by atomic mass is 15.4. The topological polar surface area (TPSA) is 42.5 Å². The van der Waals surface area contributed by atoms with E-state index in [1.807, 2.05) is 24.3 Å². The number of aliphatic imine (C=N–C) groups is 2. The normalized spacial score (nSPS) is 14.5. The first-order valence-electron chi connectivity index (χ1n) is 13.5. The second kappa shape index (κ2) is 8.85. The standard InChI is InChI=1S/C36H24N4/c1-5-15-25(16-6-1)31-32(26-17-7-2-8-18-26)39-36(38-31)30-24-14-13-23-29(30)35-37-33(27-19-9-3-10-20-27)34(40(35)36)28-21-11-4-12-22-28/h1-24H. The van der Waals surface area contributed by atoms with Gasteiger partial charge in [-0.3, -0.25) is 4.57 Å². The molecular formula is C36H24N4. The van der Waals surface area contributed by atoms with Crippen LogP contribution in [0.2, 0.25) is 0 Å². The molecule has 0 unspecified atom stereocenters. The molecule has 4 nitrogen and oxygen atoms in total. The molecule has 1 aromatic heterocycles. The van der Waals surface area contributed by atoms with Crippen LogP contribution in [0.3, 0.4) is 0 Å². The Morgan fingerprint density at radius 2 is 0.900 bits per heavy atom. The molecular weight excluding hydrogens is 488 g/mol. The van der Waals surface area contributed by atoms with E-state index in [0.29, 0.717) is 0 Å². The molecule has 0 saturated carbocycles. The average molecular weight is 513 g/mol. The van der Waals surface area contributed by atoms with Crippen molar-refractivity contribution >= 4 is 11.4 Å². The summed E-state index contributed by atoms with van der Waals surface area (Å²) in [5.41, 5.74) is 10.00. The third kappa shape index (κ3) is 3.29. The largest absolute Gasteiger partial charge is 0.275 e. The molecule has 2 aliphatic heterocycles. The van der Waals surface area contributed by atoms with Gasteiger partial charge in [0, 0.05) is 33.4 Å². The fourth-order valence-corrected chi connectivity index (χ4v) is 5.91. The Morgan fingerprint density at radius 1 is 0.450 bits per heavy atom. The monoisotopic (exact) mass is 512 g/mol. The molecule has 4 heteroatoms. The lowest BCUT2D eigenvalue weighted by Gasteiger charge is -2.24. The van der Waals surface area contributed by atoms with Crippen molar-refractivity contribution in [3.8, 4) is 33.9 Å². The lowest BCUT2D eigenvalue weighted by Crippen LogP contribution is -2.26. The van der Waals surface area contributed by atoms with Crippen LogP contribution in [0.15, 0.2) is 156 Å². The quantitative estimate of drug-likeness (QED) is 0.237. The highest BCUT2D eigenvalue weighted by Crippen LogP contribution is 2.52. The van der Waals surface area contributed by atoms with Gasteiger partial charge < -0.3 is 0 Å². The summed E-state index contributed by atoms with van der Waals surface area (Å²) in [6.07, 6.45) is 0. The summed E-state index contributed by atoms with van der Waals surface area (Å²) in [4.78, 5) is 16.4. The molecule has 0 amide bonds. The smallest absolute Gasteiger partial charge is 0.262 e.